The lowest BCUT2D eigenvalue weighted by Gasteiger charge is -2.38. The van der Waals surface area contributed by atoms with Crippen molar-refractivity contribution >= 4 is 17.3 Å². The highest BCUT2D eigenvalue weighted by atomic mass is 35.5. The molecule has 3 aliphatic heterocycles. The molecule has 2 atom stereocenters. The number of hydrogen-bond acceptors (Lipinski definition) is 5. The second kappa shape index (κ2) is 6.44. The first-order valence-electron chi connectivity index (χ1n) is 9.44. The first-order chi connectivity index (χ1) is 14.3. The number of fused-ring (bicyclic) bond motifs is 4. The molecule has 144 valence electrons. The van der Waals surface area contributed by atoms with Gasteiger partial charge in [0.15, 0.2) is 17.7 Å². The van der Waals surface area contributed by atoms with Gasteiger partial charge in [-0.3, -0.25) is 0 Å². The molecule has 3 aromatic carbocycles. The maximum atomic E-state index is 6.37. The van der Waals surface area contributed by atoms with Crippen LogP contribution in [-0.2, 0) is 0 Å². The van der Waals surface area contributed by atoms with Crippen LogP contribution in [-0.4, -0.2) is 11.8 Å². The Hall–Kier alpha value is -3.15. The number of nitrogens with zero attached hydrogens (tertiary/aromatic N) is 1. The molecule has 0 saturated heterocycles. The lowest BCUT2D eigenvalue weighted by atomic mass is 10.0. The number of halogens is 1. The highest BCUT2D eigenvalue weighted by Crippen LogP contribution is 2.46. The van der Waals surface area contributed by atoms with Crippen LogP contribution in [0.1, 0.15) is 29.0 Å². The van der Waals surface area contributed by atoms with E-state index in [2.05, 4.69) is 22.6 Å². The van der Waals surface area contributed by atoms with E-state index < -0.39 is 0 Å². The van der Waals surface area contributed by atoms with Crippen molar-refractivity contribution in [1.82, 2.24) is 10.4 Å². The van der Waals surface area contributed by atoms with Crippen molar-refractivity contribution < 1.29 is 14.2 Å². The van der Waals surface area contributed by atoms with Crippen LogP contribution in [0.3, 0.4) is 0 Å². The summed E-state index contributed by atoms with van der Waals surface area (Å²) in [4.78, 5) is 0. The summed E-state index contributed by atoms with van der Waals surface area (Å²) in [6, 6.07) is 22.0. The zero-order chi connectivity index (χ0) is 19.4. The van der Waals surface area contributed by atoms with Crippen molar-refractivity contribution in [2.24, 2.45) is 0 Å². The molecule has 0 amide bonds. The molecule has 1 N–H and O–H groups in total. The van der Waals surface area contributed by atoms with Crippen LogP contribution in [0.5, 0.6) is 17.2 Å². The van der Waals surface area contributed by atoms with Gasteiger partial charge in [0.1, 0.15) is 5.75 Å². The van der Waals surface area contributed by atoms with E-state index in [1.807, 2.05) is 60.7 Å². The molecule has 0 unspecified atom stereocenters. The van der Waals surface area contributed by atoms with Gasteiger partial charge in [0.05, 0.1) is 11.7 Å². The molecule has 5 nitrogen and oxygen atoms in total. The van der Waals surface area contributed by atoms with Crippen molar-refractivity contribution in [2.45, 2.75) is 12.3 Å². The third-order valence-electron chi connectivity index (χ3n) is 5.44. The third kappa shape index (κ3) is 2.74. The topological polar surface area (TPSA) is 43.0 Å². The first kappa shape index (κ1) is 16.8. The zero-order valence-corrected chi connectivity index (χ0v) is 16.1. The number of rotatable bonds is 2. The van der Waals surface area contributed by atoms with Crippen LogP contribution in [0.15, 0.2) is 72.8 Å². The van der Waals surface area contributed by atoms with Gasteiger partial charge in [0.25, 0.3) is 0 Å². The lowest BCUT2D eigenvalue weighted by molar-refractivity contribution is -0.0326. The fourth-order valence-corrected chi connectivity index (χ4v) is 4.14. The van der Waals surface area contributed by atoms with E-state index in [1.54, 1.807) is 0 Å². The molecule has 0 spiro atoms. The Morgan fingerprint density at radius 3 is 2.62 bits per heavy atom. The molecule has 6 heteroatoms. The van der Waals surface area contributed by atoms with Crippen molar-refractivity contribution in [3.63, 3.8) is 0 Å². The Bertz CT molecular complexity index is 1130. The van der Waals surface area contributed by atoms with Gasteiger partial charge in [0.2, 0.25) is 6.79 Å². The van der Waals surface area contributed by atoms with E-state index in [-0.39, 0.29) is 19.1 Å². The molecule has 3 aliphatic rings. The van der Waals surface area contributed by atoms with Gasteiger partial charge in [-0.2, -0.15) is 5.01 Å². The van der Waals surface area contributed by atoms with Gasteiger partial charge in [-0.25, -0.2) is 0 Å². The van der Waals surface area contributed by atoms with Gasteiger partial charge < -0.3 is 19.6 Å². The molecule has 0 fully saturated rings. The summed E-state index contributed by atoms with van der Waals surface area (Å²) in [5, 5.41) is 2.83. The van der Waals surface area contributed by atoms with Gasteiger partial charge in [-0.15, -0.1) is 0 Å². The van der Waals surface area contributed by atoms with Crippen LogP contribution in [0.2, 0.25) is 5.02 Å². The fraction of sp³-hybridized carbons (Fsp3) is 0.130. The molecule has 0 saturated carbocycles. The quantitative estimate of drug-likeness (QED) is 0.646. The average Bonchev–Trinajstić information content (AvgIpc) is 3.40. The molecular weight excluding hydrogens is 388 g/mol. The molecule has 3 heterocycles. The first-order valence-corrected chi connectivity index (χ1v) is 9.82. The SMILES string of the molecule is Clc1ccc([C@@H]2Oc3ccccc3[C@H]3C=C(c4ccc5c(c4)OCO5)NN32)cc1. The summed E-state index contributed by atoms with van der Waals surface area (Å²) >= 11 is 6.09. The van der Waals surface area contributed by atoms with Gasteiger partial charge in [0, 0.05) is 21.7 Å². The summed E-state index contributed by atoms with van der Waals surface area (Å²) in [7, 11) is 0. The minimum absolute atomic E-state index is 0.0426. The van der Waals surface area contributed by atoms with E-state index in [0.717, 1.165) is 39.6 Å². The molecule has 0 radical (unpaired) electrons. The average molecular weight is 405 g/mol. The molecular formula is C23H17ClN2O3. The van der Waals surface area contributed by atoms with Gasteiger partial charge in [-0.1, -0.05) is 41.9 Å². The van der Waals surface area contributed by atoms with Crippen LogP contribution >= 0.6 is 11.6 Å². The largest absolute Gasteiger partial charge is 0.469 e. The second-order valence-corrected chi connectivity index (χ2v) is 7.61. The smallest absolute Gasteiger partial charge is 0.231 e. The molecule has 0 aromatic heterocycles. The maximum Gasteiger partial charge on any atom is 0.231 e. The number of nitrogens with one attached hydrogen (secondary N) is 1. The number of hydrazine groups is 1. The monoisotopic (exact) mass is 404 g/mol. The van der Waals surface area contributed by atoms with E-state index in [1.165, 1.54) is 0 Å². The van der Waals surface area contributed by atoms with E-state index in [4.69, 9.17) is 25.8 Å². The molecule has 6 rings (SSSR count). The molecule has 0 aliphatic carbocycles. The van der Waals surface area contributed by atoms with E-state index in [0.29, 0.717) is 5.02 Å². The number of hydrogen-bond donors (Lipinski definition) is 1. The molecule has 0 bridgehead atoms. The third-order valence-corrected chi connectivity index (χ3v) is 5.69. The summed E-state index contributed by atoms with van der Waals surface area (Å²) in [5.41, 5.74) is 7.74. The van der Waals surface area contributed by atoms with Crippen LogP contribution < -0.4 is 19.6 Å². The number of para-hydroxylation sites is 1. The summed E-state index contributed by atoms with van der Waals surface area (Å²) in [6.07, 6.45) is 1.94. The Morgan fingerprint density at radius 2 is 1.72 bits per heavy atom. The summed E-state index contributed by atoms with van der Waals surface area (Å²) in [6.45, 7) is 0.264. The van der Waals surface area contributed by atoms with E-state index >= 15 is 0 Å². The highest BCUT2D eigenvalue weighted by molar-refractivity contribution is 6.30. The van der Waals surface area contributed by atoms with Gasteiger partial charge in [-0.05, 0) is 42.5 Å². The van der Waals surface area contributed by atoms with Crippen LogP contribution in [0, 0.1) is 0 Å². The van der Waals surface area contributed by atoms with Gasteiger partial charge >= 0.3 is 0 Å². The van der Waals surface area contributed by atoms with Crippen molar-refractivity contribution in [1.29, 1.82) is 0 Å². The Labute approximate surface area is 173 Å². The number of ether oxygens (including phenoxy) is 3. The summed E-state index contributed by atoms with van der Waals surface area (Å²) in [5.74, 6) is 2.43. The predicted molar refractivity (Wildman–Crippen MR) is 110 cm³/mol. The lowest BCUT2D eigenvalue weighted by Crippen LogP contribution is -2.43. The standard InChI is InChI=1S/C23H17ClN2O3/c24-16-8-5-14(6-9-16)23-26-19(17-3-1-2-4-20(17)29-23)12-18(25-26)15-7-10-21-22(11-15)28-13-27-21/h1-12,19,23,25H,13H2/t19-,23+/m1/s1. The van der Waals surface area contributed by atoms with Crippen LogP contribution in [0.4, 0.5) is 0 Å². The summed E-state index contributed by atoms with van der Waals surface area (Å²) < 4.78 is 17.4. The second-order valence-electron chi connectivity index (χ2n) is 7.17. The van der Waals surface area contributed by atoms with Crippen molar-refractivity contribution in [2.75, 3.05) is 6.79 Å². The molecule has 3 aromatic rings. The Balaban J connectivity index is 1.41. The Kier molecular flexibility index (Phi) is 3.72. The minimum atomic E-state index is -0.282. The maximum absolute atomic E-state index is 6.37. The fourth-order valence-electron chi connectivity index (χ4n) is 4.02. The minimum Gasteiger partial charge on any atom is -0.469 e. The predicted octanol–water partition coefficient (Wildman–Crippen LogP) is 5.06. The van der Waals surface area contributed by atoms with Crippen molar-refractivity contribution in [3.05, 3.63) is 94.5 Å². The zero-order valence-electron chi connectivity index (χ0n) is 15.3. The normalized spacial score (nSPS) is 21.6. The molecule has 29 heavy (non-hydrogen) atoms. The number of benzene rings is 3. The van der Waals surface area contributed by atoms with E-state index in [9.17, 15) is 0 Å². The Morgan fingerprint density at radius 1 is 0.897 bits per heavy atom. The van der Waals surface area contributed by atoms with Crippen molar-refractivity contribution in [3.8, 4) is 17.2 Å². The van der Waals surface area contributed by atoms with Crippen LogP contribution in [0.25, 0.3) is 5.70 Å². The highest BCUT2D eigenvalue weighted by Gasteiger charge is 2.40.